The summed E-state index contributed by atoms with van der Waals surface area (Å²) in [5, 5.41) is 0. The number of halogens is 3. The molecule has 0 unspecified atom stereocenters. The lowest BCUT2D eigenvalue weighted by Gasteiger charge is -2.36. The number of piperidine rings is 2. The summed E-state index contributed by atoms with van der Waals surface area (Å²) in [6, 6.07) is 0. The molecule has 0 aromatic heterocycles. The number of carbonyl (C=O) groups is 3. The Morgan fingerprint density at radius 2 is 1.26 bits per heavy atom. The Bertz CT molecular complexity index is 479. The lowest BCUT2D eigenvalue weighted by molar-refractivity contribution is -0.187. The van der Waals surface area contributed by atoms with Crippen LogP contribution in [0.5, 0.6) is 0 Å². The number of alkyl halides is 3. The molecule has 2 rings (SSSR count). The van der Waals surface area contributed by atoms with E-state index in [2.05, 4.69) is 0 Å². The van der Waals surface area contributed by atoms with E-state index in [0.717, 1.165) is 4.90 Å². The van der Waals surface area contributed by atoms with Crippen molar-refractivity contribution >= 4 is 17.7 Å². The molecule has 0 saturated carbocycles. The second-order valence-electron chi connectivity index (χ2n) is 6.07. The Morgan fingerprint density at radius 1 is 0.826 bits per heavy atom. The summed E-state index contributed by atoms with van der Waals surface area (Å²) in [6.07, 6.45) is -3.36. The summed E-state index contributed by atoms with van der Waals surface area (Å²) >= 11 is 0. The van der Waals surface area contributed by atoms with E-state index >= 15 is 0 Å². The lowest BCUT2D eigenvalue weighted by Crippen LogP contribution is -2.49. The minimum atomic E-state index is -4.87. The van der Waals surface area contributed by atoms with E-state index in [9.17, 15) is 27.6 Å². The van der Waals surface area contributed by atoms with E-state index in [1.54, 1.807) is 4.90 Å². The molecule has 0 aromatic rings. The van der Waals surface area contributed by atoms with Crippen LogP contribution < -0.4 is 5.73 Å². The van der Waals surface area contributed by atoms with Crippen molar-refractivity contribution in [2.24, 2.45) is 17.6 Å². The molecule has 2 heterocycles. The summed E-state index contributed by atoms with van der Waals surface area (Å²) in [6.45, 7) is 0.751. The molecule has 3 amide bonds. The van der Waals surface area contributed by atoms with Gasteiger partial charge in [-0.05, 0) is 25.7 Å². The van der Waals surface area contributed by atoms with Crippen LogP contribution in [-0.2, 0) is 14.4 Å². The highest BCUT2D eigenvalue weighted by Crippen LogP contribution is 2.26. The van der Waals surface area contributed by atoms with Gasteiger partial charge in [-0.2, -0.15) is 13.2 Å². The average Bonchev–Trinajstić information content (AvgIpc) is 2.53. The monoisotopic (exact) mass is 335 g/mol. The van der Waals surface area contributed by atoms with Gasteiger partial charge in [-0.3, -0.25) is 14.4 Å². The minimum Gasteiger partial charge on any atom is -0.369 e. The maximum absolute atomic E-state index is 12.4. The lowest BCUT2D eigenvalue weighted by atomic mass is 9.92. The maximum Gasteiger partial charge on any atom is 0.471 e. The second kappa shape index (κ2) is 6.76. The number of hydrogen-bond acceptors (Lipinski definition) is 3. The fraction of sp³-hybridized carbons (Fsp3) is 0.786. The Labute approximate surface area is 131 Å². The van der Waals surface area contributed by atoms with Gasteiger partial charge in [-0.25, -0.2) is 0 Å². The number of amides is 3. The Morgan fingerprint density at radius 3 is 1.70 bits per heavy atom. The molecule has 2 N–H and O–H groups in total. The normalized spacial score (nSPS) is 21.3. The van der Waals surface area contributed by atoms with Crippen LogP contribution in [0.25, 0.3) is 0 Å². The molecular formula is C14H20F3N3O3. The molecule has 0 bridgehead atoms. The summed E-state index contributed by atoms with van der Waals surface area (Å²) in [5.74, 6) is -2.89. The van der Waals surface area contributed by atoms with Gasteiger partial charge in [-0.15, -0.1) is 0 Å². The van der Waals surface area contributed by atoms with Gasteiger partial charge >= 0.3 is 12.1 Å². The predicted molar refractivity (Wildman–Crippen MR) is 73.9 cm³/mol. The Hall–Kier alpha value is -1.80. The van der Waals surface area contributed by atoms with Crippen molar-refractivity contribution in [3.05, 3.63) is 0 Å². The van der Waals surface area contributed by atoms with Crippen LogP contribution in [0.4, 0.5) is 13.2 Å². The van der Waals surface area contributed by atoms with E-state index in [1.165, 1.54) is 0 Å². The van der Waals surface area contributed by atoms with Crippen LogP contribution in [0.1, 0.15) is 25.7 Å². The molecule has 23 heavy (non-hydrogen) atoms. The number of rotatable bonds is 2. The molecule has 2 saturated heterocycles. The van der Waals surface area contributed by atoms with Crippen molar-refractivity contribution in [1.82, 2.24) is 9.80 Å². The van der Waals surface area contributed by atoms with E-state index in [0.29, 0.717) is 25.9 Å². The summed E-state index contributed by atoms with van der Waals surface area (Å²) in [5.41, 5.74) is 5.24. The molecule has 9 heteroatoms. The maximum atomic E-state index is 12.4. The molecule has 0 aliphatic carbocycles. The molecule has 0 atom stereocenters. The van der Waals surface area contributed by atoms with Crippen LogP contribution in [0.3, 0.4) is 0 Å². The van der Waals surface area contributed by atoms with Gasteiger partial charge in [-0.1, -0.05) is 0 Å². The van der Waals surface area contributed by atoms with Crippen molar-refractivity contribution in [2.75, 3.05) is 26.2 Å². The van der Waals surface area contributed by atoms with Crippen LogP contribution in [0.15, 0.2) is 0 Å². The third-order valence-corrected chi connectivity index (χ3v) is 4.58. The van der Waals surface area contributed by atoms with E-state index in [1.807, 2.05) is 0 Å². The first-order chi connectivity index (χ1) is 10.7. The molecule has 2 fully saturated rings. The van der Waals surface area contributed by atoms with E-state index in [-0.39, 0.29) is 49.6 Å². The van der Waals surface area contributed by atoms with Crippen molar-refractivity contribution < 1.29 is 27.6 Å². The van der Waals surface area contributed by atoms with Gasteiger partial charge in [0.05, 0.1) is 0 Å². The molecule has 2 aliphatic heterocycles. The molecule has 2 aliphatic rings. The molecule has 0 spiro atoms. The average molecular weight is 335 g/mol. The number of carbonyl (C=O) groups excluding carboxylic acids is 3. The van der Waals surface area contributed by atoms with Gasteiger partial charge in [0.25, 0.3) is 0 Å². The number of nitrogens with two attached hydrogens (primary N) is 1. The SMILES string of the molecule is NC(=O)C1CCN(C(=O)C2CCN(C(=O)C(F)(F)F)CC2)CC1. The van der Waals surface area contributed by atoms with E-state index in [4.69, 9.17) is 5.73 Å². The third-order valence-electron chi connectivity index (χ3n) is 4.58. The van der Waals surface area contributed by atoms with Crippen LogP contribution >= 0.6 is 0 Å². The smallest absolute Gasteiger partial charge is 0.369 e. The fourth-order valence-corrected chi connectivity index (χ4v) is 3.15. The van der Waals surface area contributed by atoms with Gasteiger partial charge < -0.3 is 15.5 Å². The fourth-order valence-electron chi connectivity index (χ4n) is 3.15. The van der Waals surface area contributed by atoms with E-state index < -0.39 is 12.1 Å². The predicted octanol–water partition coefficient (Wildman–Crippen LogP) is 0.511. The zero-order valence-corrected chi connectivity index (χ0v) is 12.6. The zero-order valence-electron chi connectivity index (χ0n) is 12.6. The van der Waals surface area contributed by atoms with Crippen molar-refractivity contribution in [1.29, 1.82) is 0 Å². The number of likely N-dealkylation sites (tertiary alicyclic amines) is 2. The Balaban J connectivity index is 1.83. The van der Waals surface area contributed by atoms with Crippen molar-refractivity contribution in [3.8, 4) is 0 Å². The topological polar surface area (TPSA) is 83.7 Å². The third kappa shape index (κ3) is 4.14. The highest BCUT2D eigenvalue weighted by Gasteiger charge is 2.44. The first-order valence-corrected chi connectivity index (χ1v) is 7.64. The Kier molecular flexibility index (Phi) is 5.16. The van der Waals surface area contributed by atoms with Crippen LogP contribution in [0, 0.1) is 11.8 Å². The van der Waals surface area contributed by atoms with Crippen molar-refractivity contribution in [2.45, 2.75) is 31.9 Å². The molecule has 0 aromatic carbocycles. The zero-order chi connectivity index (χ0) is 17.2. The molecule has 130 valence electrons. The molecule has 6 nitrogen and oxygen atoms in total. The first kappa shape index (κ1) is 17.6. The summed E-state index contributed by atoms with van der Waals surface area (Å²) in [4.78, 5) is 37.0. The summed E-state index contributed by atoms with van der Waals surface area (Å²) in [7, 11) is 0. The van der Waals surface area contributed by atoms with Gasteiger partial charge in [0.15, 0.2) is 0 Å². The van der Waals surface area contributed by atoms with Crippen LogP contribution in [0.2, 0.25) is 0 Å². The number of primary amides is 1. The largest absolute Gasteiger partial charge is 0.471 e. The van der Waals surface area contributed by atoms with Gasteiger partial charge in [0, 0.05) is 38.0 Å². The second-order valence-corrected chi connectivity index (χ2v) is 6.07. The highest BCUT2D eigenvalue weighted by molar-refractivity contribution is 5.83. The van der Waals surface area contributed by atoms with Crippen LogP contribution in [-0.4, -0.2) is 59.9 Å². The molecule has 0 radical (unpaired) electrons. The van der Waals surface area contributed by atoms with Crippen molar-refractivity contribution in [3.63, 3.8) is 0 Å². The number of hydrogen-bond donors (Lipinski definition) is 1. The number of nitrogens with zero attached hydrogens (tertiary/aromatic N) is 2. The quantitative estimate of drug-likeness (QED) is 0.798. The van der Waals surface area contributed by atoms with Gasteiger partial charge in [0.1, 0.15) is 0 Å². The summed E-state index contributed by atoms with van der Waals surface area (Å²) < 4.78 is 37.1. The molecular weight excluding hydrogens is 315 g/mol. The van der Waals surface area contributed by atoms with Gasteiger partial charge in [0.2, 0.25) is 11.8 Å². The standard InChI is InChI=1S/C14H20F3N3O3/c15-14(16,17)13(23)20-7-3-10(4-8-20)12(22)19-5-1-9(2-6-19)11(18)21/h9-10H,1-8H2,(H2,18,21). The minimum absolute atomic E-state index is 0.0630. The first-order valence-electron chi connectivity index (χ1n) is 7.64. The highest BCUT2D eigenvalue weighted by atomic mass is 19.4.